The van der Waals surface area contributed by atoms with Crippen LogP contribution in [0, 0.1) is 17.3 Å². The first-order valence-electron chi connectivity index (χ1n) is 4.27. The van der Waals surface area contributed by atoms with Gasteiger partial charge in [-0.15, -0.1) is 11.8 Å². The molecule has 2 heteroatoms. The Morgan fingerprint density at radius 2 is 2.17 bits per heavy atom. The molecule has 1 saturated heterocycles. The van der Waals surface area contributed by atoms with Crippen LogP contribution >= 0.6 is 0 Å². The first kappa shape index (κ1) is 9.28. The van der Waals surface area contributed by atoms with Gasteiger partial charge in [0.1, 0.15) is 6.29 Å². The van der Waals surface area contributed by atoms with Crippen molar-refractivity contribution < 1.29 is 9.53 Å². The van der Waals surface area contributed by atoms with Gasteiger partial charge in [0.25, 0.3) is 0 Å². The van der Waals surface area contributed by atoms with Crippen molar-refractivity contribution in [3.63, 3.8) is 0 Å². The van der Waals surface area contributed by atoms with E-state index in [1.807, 2.05) is 0 Å². The third kappa shape index (κ3) is 2.09. The van der Waals surface area contributed by atoms with E-state index in [9.17, 15) is 4.79 Å². The normalized spacial score (nSPS) is 20.8. The van der Waals surface area contributed by atoms with Gasteiger partial charge >= 0.3 is 0 Å². The summed E-state index contributed by atoms with van der Waals surface area (Å²) in [6.07, 6.45) is 3.40. The molecule has 0 aromatic rings. The molecule has 0 aromatic carbocycles. The Hall–Kier alpha value is -0.810. The van der Waals surface area contributed by atoms with Crippen LogP contribution < -0.4 is 0 Å². The van der Waals surface area contributed by atoms with Gasteiger partial charge < -0.3 is 9.53 Å². The molecule has 0 unspecified atom stereocenters. The summed E-state index contributed by atoms with van der Waals surface area (Å²) >= 11 is 0. The van der Waals surface area contributed by atoms with Gasteiger partial charge in [-0.2, -0.15) is 0 Å². The first-order chi connectivity index (χ1) is 5.83. The summed E-state index contributed by atoms with van der Waals surface area (Å²) in [5.74, 6) is 5.80. The van der Waals surface area contributed by atoms with Crippen LogP contribution in [-0.2, 0) is 9.53 Å². The maximum absolute atomic E-state index is 10.9. The molecule has 1 fully saturated rings. The molecule has 1 heterocycles. The number of hydrogen-bond donors (Lipinski definition) is 0. The molecular formula is C10H14O2. The lowest BCUT2D eigenvalue weighted by Crippen LogP contribution is -2.30. The second kappa shape index (κ2) is 4.27. The molecule has 0 saturated carbocycles. The summed E-state index contributed by atoms with van der Waals surface area (Å²) in [6.45, 7) is 3.20. The van der Waals surface area contributed by atoms with Crippen LogP contribution in [0.2, 0.25) is 0 Å². The minimum atomic E-state index is -0.207. The molecule has 1 aliphatic rings. The second-order valence-corrected chi connectivity index (χ2v) is 3.20. The Balaban J connectivity index is 2.57. The predicted molar refractivity (Wildman–Crippen MR) is 46.6 cm³/mol. The lowest BCUT2D eigenvalue weighted by Gasteiger charge is -2.29. The molecule has 0 spiro atoms. The summed E-state index contributed by atoms with van der Waals surface area (Å²) in [6, 6.07) is 0. The van der Waals surface area contributed by atoms with Crippen molar-refractivity contribution >= 4 is 6.29 Å². The van der Waals surface area contributed by atoms with Gasteiger partial charge in [-0.1, -0.05) is 0 Å². The van der Waals surface area contributed by atoms with Crippen molar-refractivity contribution in [2.24, 2.45) is 5.41 Å². The highest BCUT2D eigenvalue weighted by molar-refractivity contribution is 5.60. The van der Waals surface area contributed by atoms with Crippen LogP contribution in [0.5, 0.6) is 0 Å². The van der Waals surface area contributed by atoms with Gasteiger partial charge in [-0.05, 0) is 19.8 Å². The van der Waals surface area contributed by atoms with Crippen LogP contribution in [0.15, 0.2) is 0 Å². The largest absolute Gasteiger partial charge is 0.381 e. The Morgan fingerprint density at radius 3 is 2.67 bits per heavy atom. The van der Waals surface area contributed by atoms with Crippen LogP contribution in [0.25, 0.3) is 0 Å². The van der Waals surface area contributed by atoms with Crippen molar-refractivity contribution in [3.8, 4) is 11.8 Å². The van der Waals surface area contributed by atoms with Crippen molar-refractivity contribution in [1.29, 1.82) is 0 Å². The molecule has 0 bridgehead atoms. The molecule has 1 aliphatic heterocycles. The zero-order valence-electron chi connectivity index (χ0n) is 7.43. The molecule has 0 aliphatic carbocycles. The predicted octanol–water partition coefficient (Wildman–Crippen LogP) is 1.40. The van der Waals surface area contributed by atoms with Crippen LogP contribution in [0.3, 0.4) is 0 Å². The van der Waals surface area contributed by atoms with E-state index in [0.29, 0.717) is 19.6 Å². The zero-order valence-corrected chi connectivity index (χ0v) is 7.43. The van der Waals surface area contributed by atoms with Crippen LogP contribution in [-0.4, -0.2) is 19.5 Å². The summed E-state index contributed by atoms with van der Waals surface area (Å²) in [7, 11) is 0. The van der Waals surface area contributed by atoms with Crippen molar-refractivity contribution in [2.45, 2.75) is 26.2 Å². The maximum atomic E-state index is 10.9. The molecule has 12 heavy (non-hydrogen) atoms. The number of aldehydes is 1. The first-order valence-corrected chi connectivity index (χ1v) is 4.27. The lowest BCUT2D eigenvalue weighted by molar-refractivity contribution is -0.121. The van der Waals surface area contributed by atoms with E-state index in [-0.39, 0.29) is 5.41 Å². The quantitative estimate of drug-likeness (QED) is 0.458. The summed E-state index contributed by atoms with van der Waals surface area (Å²) in [4.78, 5) is 10.9. The Kier molecular flexibility index (Phi) is 3.31. The summed E-state index contributed by atoms with van der Waals surface area (Å²) < 4.78 is 5.20. The topological polar surface area (TPSA) is 26.3 Å². The second-order valence-electron chi connectivity index (χ2n) is 3.20. The average Bonchev–Trinajstić information content (AvgIpc) is 2.16. The van der Waals surface area contributed by atoms with E-state index >= 15 is 0 Å². The van der Waals surface area contributed by atoms with Gasteiger partial charge in [0.05, 0.1) is 0 Å². The molecular weight excluding hydrogens is 152 g/mol. The molecule has 0 amide bonds. The number of carbonyl (C=O) groups is 1. The maximum Gasteiger partial charge on any atom is 0.127 e. The highest BCUT2D eigenvalue weighted by atomic mass is 16.5. The molecule has 0 radical (unpaired) electrons. The van der Waals surface area contributed by atoms with Gasteiger partial charge in [0.2, 0.25) is 0 Å². The molecule has 66 valence electrons. The van der Waals surface area contributed by atoms with E-state index < -0.39 is 0 Å². The molecule has 0 aromatic heterocycles. The summed E-state index contributed by atoms with van der Waals surface area (Å²) in [5.41, 5.74) is -0.207. The lowest BCUT2D eigenvalue weighted by atomic mass is 9.79. The summed E-state index contributed by atoms with van der Waals surface area (Å²) in [5, 5.41) is 0. The van der Waals surface area contributed by atoms with E-state index in [4.69, 9.17) is 4.74 Å². The minimum Gasteiger partial charge on any atom is -0.381 e. The van der Waals surface area contributed by atoms with E-state index in [1.54, 1.807) is 6.92 Å². The van der Waals surface area contributed by atoms with Gasteiger partial charge in [0, 0.05) is 25.0 Å². The zero-order chi connectivity index (χ0) is 8.86. The number of hydrogen-bond acceptors (Lipinski definition) is 2. The van der Waals surface area contributed by atoms with Crippen molar-refractivity contribution in [3.05, 3.63) is 0 Å². The fraction of sp³-hybridized carbons (Fsp3) is 0.700. The third-order valence-electron chi connectivity index (χ3n) is 2.36. The Bertz CT molecular complexity index is 204. The van der Waals surface area contributed by atoms with Gasteiger partial charge in [0.15, 0.2) is 0 Å². The van der Waals surface area contributed by atoms with E-state index in [0.717, 1.165) is 19.1 Å². The number of rotatable bonds is 2. The van der Waals surface area contributed by atoms with Crippen molar-refractivity contribution in [1.82, 2.24) is 0 Å². The SMILES string of the molecule is CC#CCC1(C=O)CCOCC1. The molecule has 0 atom stereocenters. The van der Waals surface area contributed by atoms with Crippen LogP contribution in [0.4, 0.5) is 0 Å². The smallest absolute Gasteiger partial charge is 0.127 e. The fourth-order valence-corrected chi connectivity index (χ4v) is 1.38. The standard InChI is InChI=1S/C10H14O2/c1-2-3-4-10(9-11)5-7-12-8-6-10/h9H,4-8H2,1H3. The van der Waals surface area contributed by atoms with Crippen molar-refractivity contribution in [2.75, 3.05) is 13.2 Å². The average molecular weight is 166 g/mol. The number of ether oxygens (including phenoxy) is 1. The monoisotopic (exact) mass is 166 g/mol. The van der Waals surface area contributed by atoms with Crippen LogP contribution in [0.1, 0.15) is 26.2 Å². The minimum absolute atomic E-state index is 0.207. The van der Waals surface area contributed by atoms with Gasteiger partial charge in [-0.25, -0.2) is 0 Å². The molecule has 0 N–H and O–H groups in total. The number of carbonyl (C=O) groups excluding carboxylic acids is 1. The fourth-order valence-electron chi connectivity index (χ4n) is 1.38. The van der Waals surface area contributed by atoms with E-state index in [2.05, 4.69) is 11.8 Å². The Labute approximate surface area is 73.3 Å². The molecule has 2 nitrogen and oxygen atoms in total. The Morgan fingerprint density at radius 1 is 1.50 bits per heavy atom. The molecule has 1 rings (SSSR count). The van der Waals surface area contributed by atoms with Gasteiger partial charge in [-0.3, -0.25) is 0 Å². The van der Waals surface area contributed by atoms with E-state index in [1.165, 1.54) is 0 Å². The third-order valence-corrected chi connectivity index (χ3v) is 2.36. The highest BCUT2D eigenvalue weighted by Crippen LogP contribution is 2.31. The highest BCUT2D eigenvalue weighted by Gasteiger charge is 2.31.